The van der Waals surface area contributed by atoms with Crippen molar-refractivity contribution in [2.24, 2.45) is 0 Å². The average molecular weight is 278 g/mol. The maximum atomic E-state index is 12.1. The van der Waals surface area contributed by atoms with Crippen LogP contribution in [-0.4, -0.2) is 22.0 Å². The number of benzene rings is 1. The molecule has 0 fully saturated rings. The number of unbranched alkanes of at least 4 members (excludes halogenated alkanes) is 4. The number of aliphatic hydroxyl groups excluding tert-OH is 1. The van der Waals surface area contributed by atoms with Crippen LogP contribution in [0.2, 0.25) is 0 Å². The molecule has 0 aromatic heterocycles. The number of rotatable bonds is 9. The molecule has 0 spiro atoms. The lowest BCUT2D eigenvalue weighted by Crippen LogP contribution is -2.15. The van der Waals surface area contributed by atoms with Crippen molar-refractivity contribution in [2.45, 2.75) is 51.6 Å². The lowest BCUT2D eigenvalue weighted by Gasteiger charge is -2.11. The number of hydrogen-bond donors (Lipinski definition) is 2. The fraction of sp³-hybridized carbons (Fsp3) is 0.500. The van der Waals surface area contributed by atoms with Gasteiger partial charge in [-0.15, -0.1) is 0 Å². The van der Waals surface area contributed by atoms with Gasteiger partial charge in [0.1, 0.15) is 0 Å². The number of aliphatic carboxylic acids is 1. The van der Waals surface area contributed by atoms with Crippen molar-refractivity contribution >= 4 is 11.8 Å². The molecular weight excluding hydrogens is 256 g/mol. The lowest BCUT2D eigenvalue weighted by molar-refractivity contribution is -0.146. The third kappa shape index (κ3) is 4.78. The molecule has 20 heavy (non-hydrogen) atoms. The Morgan fingerprint density at radius 2 is 1.75 bits per heavy atom. The van der Waals surface area contributed by atoms with Gasteiger partial charge in [0.15, 0.2) is 11.9 Å². The first-order valence-corrected chi connectivity index (χ1v) is 7.11. The summed E-state index contributed by atoms with van der Waals surface area (Å²) in [7, 11) is 0. The average Bonchev–Trinajstić information content (AvgIpc) is 2.46. The Morgan fingerprint density at radius 3 is 2.40 bits per heavy atom. The predicted molar refractivity (Wildman–Crippen MR) is 76.7 cm³/mol. The Labute approximate surface area is 119 Å². The summed E-state index contributed by atoms with van der Waals surface area (Å²) in [5.41, 5.74) is 0.497. The predicted octanol–water partition coefficient (Wildman–Crippen LogP) is 3.35. The minimum atomic E-state index is -1.64. The van der Waals surface area contributed by atoms with Crippen molar-refractivity contribution in [1.29, 1.82) is 0 Å². The number of Topliss-reactive ketones (excluding diaryl/α,β-unsaturated/α-hetero) is 1. The van der Waals surface area contributed by atoms with Crippen LogP contribution in [0.1, 0.15) is 67.5 Å². The number of carboxylic acids is 1. The van der Waals surface area contributed by atoms with Crippen LogP contribution in [0, 0.1) is 0 Å². The van der Waals surface area contributed by atoms with Gasteiger partial charge >= 0.3 is 5.97 Å². The van der Waals surface area contributed by atoms with Gasteiger partial charge in [-0.05, 0) is 6.42 Å². The highest BCUT2D eigenvalue weighted by atomic mass is 16.4. The molecule has 4 heteroatoms. The molecule has 0 aliphatic rings. The summed E-state index contributed by atoms with van der Waals surface area (Å²) in [5, 5.41) is 18.5. The van der Waals surface area contributed by atoms with Crippen LogP contribution in [0.15, 0.2) is 24.3 Å². The highest BCUT2D eigenvalue weighted by Crippen LogP contribution is 2.20. The summed E-state index contributed by atoms with van der Waals surface area (Å²) in [5.74, 6) is -1.44. The molecular formula is C16H22O4. The first-order chi connectivity index (χ1) is 9.57. The Morgan fingerprint density at radius 1 is 1.10 bits per heavy atom. The first-order valence-electron chi connectivity index (χ1n) is 7.11. The highest BCUT2D eigenvalue weighted by Gasteiger charge is 2.21. The van der Waals surface area contributed by atoms with Crippen LogP contribution in [0.5, 0.6) is 0 Å². The molecule has 0 heterocycles. The van der Waals surface area contributed by atoms with E-state index in [0.717, 1.165) is 25.7 Å². The van der Waals surface area contributed by atoms with Gasteiger partial charge in [0, 0.05) is 17.5 Å². The summed E-state index contributed by atoms with van der Waals surface area (Å²) in [6.07, 6.45) is 4.00. The standard InChI is InChI=1S/C16H22O4/c1-2-3-4-5-6-11-14(17)12-9-7-8-10-13(12)15(18)16(19)20/h7-10,15,18H,2-6,11H2,1H3,(H,19,20)/t15-/m1/s1. The van der Waals surface area contributed by atoms with E-state index in [4.69, 9.17) is 5.11 Å². The SMILES string of the molecule is CCCCCCCC(=O)c1ccccc1[C@@H](O)C(=O)O. The zero-order chi connectivity index (χ0) is 15.0. The molecule has 2 N–H and O–H groups in total. The quantitative estimate of drug-likeness (QED) is 0.536. The molecule has 1 rings (SSSR count). The maximum absolute atomic E-state index is 12.1. The Kier molecular flexibility index (Phi) is 6.94. The summed E-state index contributed by atoms with van der Waals surface area (Å²) in [4.78, 5) is 23.0. The monoisotopic (exact) mass is 278 g/mol. The van der Waals surface area contributed by atoms with Crippen LogP contribution in [0.3, 0.4) is 0 Å². The van der Waals surface area contributed by atoms with Gasteiger partial charge in [-0.1, -0.05) is 56.9 Å². The van der Waals surface area contributed by atoms with Gasteiger partial charge in [0.2, 0.25) is 0 Å². The molecule has 1 atom stereocenters. The Hall–Kier alpha value is -1.68. The molecule has 0 aliphatic carbocycles. The Bertz CT molecular complexity index is 454. The summed E-state index contributed by atoms with van der Waals surface area (Å²) in [6.45, 7) is 2.13. The molecule has 4 nitrogen and oxygen atoms in total. The molecule has 0 amide bonds. The first kappa shape index (κ1) is 16.4. The summed E-state index contributed by atoms with van der Waals surface area (Å²) in [6, 6.07) is 6.38. The van der Waals surface area contributed by atoms with Crippen molar-refractivity contribution in [3.8, 4) is 0 Å². The van der Waals surface area contributed by atoms with Gasteiger partial charge in [-0.3, -0.25) is 4.79 Å². The van der Waals surface area contributed by atoms with E-state index in [1.807, 2.05) is 0 Å². The molecule has 110 valence electrons. The van der Waals surface area contributed by atoms with Gasteiger partial charge in [-0.25, -0.2) is 4.79 Å². The maximum Gasteiger partial charge on any atom is 0.337 e. The highest BCUT2D eigenvalue weighted by molar-refractivity contribution is 5.98. The molecule has 0 radical (unpaired) electrons. The molecule has 1 aromatic rings. The normalized spacial score (nSPS) is 12.1. The number of carbonyl (C=O) groups is 2. The van der Waals surface area contributed by atoms with Crippen LogP contribution in [0.4, 0.5) is 0 Å². The van der Waals surface area contributed by atoms with Crippen LogP contribution in [0.25, 0.3) is 0 Å². The fourth-order valence-electron chi connectivity index (χ4n) is 2.15. The topological polar surface area (TPSA) is 74.6 Å². The van der Waals surface area contributed by atoms with Crippen molar-refractivity contribution in [2.75, 3.05) is 0 Å². The minimum Gasteiger partial charge on any atom is -0.479 e. The number of hydrogen-bond acceptors (Lipinski definition) is 3. The minimum absolute atomic E-state index is 0.0996. The zero-order valence-electron chi connectivity index (χ0n) is 11.8. The summed E-state index contributed by atoms with van der Waals surface area (Å²) >= 11 is 0. The Balaban J connectivity index is 2.66. The van der Waals surface area contributed by atoms with E-state index in [1.165, 1.54) is 12.5 Å². The molecule has 0 saturated carbocycles. The molecule has 0 bridgehead atoms. The summed E-state index contributed by atoms with van der Waals surface area (Å²) < 4.78 is 0. The molecule has 0 aliphatic heterocycles. The molecule has 1 aromatic carbocycles. The van der Waals surface area contributed by atoms with Crippen molar-refractivity contribution in [1.82, 2.24) is 0 Å². The smallest absolute Gasteiger partial charge is 0.337 e. The van der Waals surface area contributed by atoms with Crippen LogP contribution < -0.4 is 0 Å². The van der Waals surface area contributed by atoms with Crippen molar-refractivity contribution in [3.05, 3.63) is 35.4 Å². The van der Waals surface area contributed by atoms with E-state index >= 15 is 0 Å². The van der Waals surface area contributed by atoms with Crippen molar-refractivity contribution < 1.29 is 19.8 Å². The number of carboxylic acid groups (broad SMARTS) is 1. The van der Waals surface area contributed by atoms with E-state index in [1.54, 1.807) is 18.2 Å². The number of carbonyl (C=O) groups excluding carboxylic acids is 1. The van der Waals surface area contributed by atoms with Gasteiger partial charge < -0.3 is 10.2 Å². The molecule has 0 unspecified atom stereocenters. The number of ketones is 1. The van der Waals surface area contributed by atoms with Crippen LogP contribution >= 0.6 is 0 Å². The lowest BCUT2D eigenvalue weighted by atomic mass is 9.96. The van der Waals surface area contributed by atoms with E-state index in [2.05, 4.69) is 6.92 Å². The number of aliphatic hydroxyl groups is 1. The second-order valence-electron chi connectivity index (χ2n) is 4.92. The zero-order valence-corrected chi connectivity index (χ0v) is 11.8. The third-order valence-corrected chi connectivity index (χ3v) is 3.30. The van der Waals surface area contributed by atoms with E-state index in [-0.39, 0.29) is 11.3 Å². The van der Waals surface area contributed by atoms with Gasteiger partial charge in [-0.2, -0.15) is 0 Å². The largest absolute Gasteiger partial charge is 0.479 e. The second-order valence-corrected chi connectivity index (χ2v) is 4.92. The van der Waals surface area contributed by atoms with E-state index in [9.17, 15) is 14.7 Å². The van der Waals surface area contributed by atoms with Crippen LogP contribution in [-0.2, 0) is 4.79 Å². The fourth-order valence-corrected chi connectivity index (χ4v) is 2.15. The van der Waals surface area contributed by atoms with Gasteiger partial charge in [0.25, 0.3) is 0 Å². The second kappa shape index (κ2) is 8.48. The third-order valence-electron chi connectivity index (χ3n) is 3.30. The van der Waals surface area contributed by atoms with E-state index < -0.39 is 12.1 Å². The molecule has 0 saturated heterocycles. The van der Waals surface area contributed by atoms with E-state index in [0.29, 0.717) is 12.0 Å². The van der Waals surface area contributed by atoms with Gasteiger partial charge in [0.05, 0.1) is 0 Å². The van der Waals surface area contributed by atoms with Crippen molar-refractivity contribution in [3.63, 3.8) is 0 Å².